The number of anilines is 1. The number of nitrogens with one attached hydrogen (secondary N) is 1. The molecular weight excluding hydrogens is 370 g/mol. The minimum Gasteiger partial charge on any atom is -0.461 e. The van der Waals surface area contributed by atoms with Crippen LogP contribution in [0.4, 0.5) is 5.69 Å². The van der Waals surface area contributed by atoms with E-state index in [1.807, 2.05) is 24.3 Å². The highest BCUT2D eigenvalue weighted by Crippen LogP contribution is 2.25. The lowest BCUT2D eigenvalue weighted by Gasteiger charge is -2.09. The summed E-state index contributed by atoms with van der Waals surface area (Å²) < 4.78 is 12.6. The van der Waals surface area contributed by atoms with Crippen LogP contribution in [-0.4, -0.2) is 25.8 Å². The second kappa shape index (κ2) is 7.38. The molecule has 0 fully saturated rings. The maximum atomic E-state index is 12.6. The summed E-state index contributed by atoms with van der Waals surface area (Å²) in [4.78, 5) is 12.6. The van der Waals surface area contributed by atoms with E-state index < -0.39 is 0 Å². The topological polar surface area (TPSA) is 99.0 Å². The zero-order chi connectivity index (χ0) is 19.6. The fraction of sp³-hybridized carbons (Fsp3) is 0.238. The van der Waals surface area contributed by atoms with E-state index in [0.717, 1.165) is 43.0 Å². The van der Waals surface area contributed by atoms with E-state index in [0.29, 0.717) is 17.2 Å². The van der Waals surface area contributed by atoms with Gasteiger partial charge in [-0.25, -0.2) is 0 Å². The molecule has 0 saturated carbocycles. The molecule has 0 aliphatic carbocycles. The molecule has 0 atom stereocenters. The van der Waals surface area contributed by atoms with E-state index in [-0.39, 0.29) is 11.6 Å². The molecule has 5 rings (SSSR count). The molecular formula is C21H19N5O3. The largest absolute Gasteiger partial charge is 0.461 e. The van der Waals surface area contributed by atoms with Gasteiger partial charge in [-0.05, 0) is 37.1 Å². The van der Waals surface area contributed by atoms with Crippen LogP contribution in [0.2, 0.25) is 0 Å². The standard InChI is InChI=1S/C21H19N5O3/c27-21(16-13-18(29-25-16)17-8-5-11-28-17)22-15-7-4-6-14(12-15)20-24-23-19-9-2-1-3-10-26(19)20/h4-8,11-13H,1-3,9-10H2,(H,22,27). The van der Waals surface area contributed by atoms with E-state index in [4.69, 9.17) is 8.94 Å². The van der Waals surface area contributed by atoms with Gasteiger partial charge in [0.05, 0.1) is 6.26 Å². The first-order chi connectivity index (χ1) is 14.3. The Hall–Kier alpha value is -3.68. The normalized spacial score (nSPS) is 13.7. The second-order valence-electron chi connectivity index (χ2n) is 6.99. The number of rotatable bonds is 4. The smallest absolute Gasteiger partial charge is 0.277 e. The molecule has 0 spiro atoms. The van der Waals surface area contributed by atoms with Crippen molar-refractivity contribution in [1.29, 1.82) is 0 Å². The highest BCUT2D eigenvalue weighted by Gasteiger charge is 2.18. The second-order valence-corrected chi connectivity index (χ2v) is 6.99. The average Bonchev–Trinajstić information content (AvgIpc) is 3.47. The molecule has 4 aromatic rings. The molecule has 0 unspecified atom stereocenters. The number of aromatic nitrogens is 4. The van der Waals surface area contributed by atoms with Crippen molar-refractivity contribution in [2.24, 2.45) is 0 Å². The van der Waals surface area contributed by atoms with Crippen molar-refractivity contribution >= 4 is 11.6 Å². The zero-order valence-electron chi connectivity index (χ0n) is 15.7. The van der Waals surface area contributed by atoms with Crippen LogP contribution in [0, 0.1) is 0 Å². The molecule has 1 N–H and O–H groups in total. The van der Waals surface area contributed by atoms with Crippen LogP contribution in [0.1, 0.15) is 35.6 Å². The average molecular weight is 389 g/mol. The number of fused-ring (bicyclic) bond motifs is 1. The summed E-state index contributed by atoms with van der Waals surface area (Å²) in [7, 11) is 0. The number of furan rings is 1. The van der Waals surface area contributed by atoms with Gasteiger partial charge in [-0.15, -0.1) is 10.2 Å². The van der Waals surface area contributed by atoms with E-state index in [2.05, 4.69) is 25.2 Å². The predicted octanol–water partition coefficient (Wildman–Crippen LogP) is 4.17. The lowest BCUT2D eigenvalue weighted by molar-refractivity contribution is 0.101. The Labute approximate surface area is 166 Å². The third kappa shape index (κ3) is 3.44. The summed E-state index contributed by atoms with van der Waals surface area (Å²) in [5.41, 5.74) is 1.75. The summed E-state index contributed by atoms with van der Waals surface area (Å²) in [6.07, 6.45) is 5.96. The predicted molar refractivity (Wildman–Crippen MR) is 105 cm³/mol. The molecule has 0 radical (unpaired) electrons. The molecule has 8 heteroatoms. The lowest BCUT2D eigenvalue weighted by atomic mass is 10.1. The number of nitrogens with zero attached hydrogens (tertiary/aromatic N) is 4. The maximum absolute atomic E-state index is 12.6. The number of hydrogen-bond acceptors (Lipinski definition) is 6. The van der Waals surface area contributed by atoms with Gasteiger partial charge in [0.2, 0.25) is 5.76 Å². The van der Waals surface area contributed by atoms with Crippen molar-refractivity contribution in [3.63, 3.8) is 0 Å². The third-order valence-corrected chi connectivity index (χ3v) is 4.99. The Morgan fingerprint density at radius 1 is 1.03 bits per heavy atom. The number of hydrogen-bond donors (Lipinski definition) is 1. The maximum Gasteiger partial charge on any atom is 0.277 e. The van der Waals surface area contributed by atoms with Crippen LogP contribution in [-0.2, 0) is 13.0 Å². The Morgan fingerprint density at radius 3 is 2.90 bits per heavy atom. The van der Waals surface area contributed by atoms with Gasteiger partial charge in [-0.2, -0.15) is 0 Å². The third-order valence-electron chi connectivity index (χ3n) is 4.99. The minimum atomic E-state index is -0.358. The van der Waals surface area contributed by atoms with Gasteiger partial charge in [0.1, 0.15) is 5.82 Å². The van der Waals surface area contributed by atoms with Gasteiger partial charge in [-0.3, -0.25) is 4.79 Å². The number of carbonyl (C=O) groups is 1. The van der Waals surface area contributed by atoms with Crippen molar-refractivity contribution in [2.75, 3.05) is 5.32 Å². The Kier molecular flexibility index (Phi) is 4.44. The Bertz CT molecular complexity index is 1140. The molecule has 29 heavy (non-hydrogen) atoms. The number of amides is 1. The van der Waals surface area contributed by atoms with Crippen LogP contribution in [0.3, 0.4) is 0 Å². The first-order valence-electron chi connectivity index (χ1n) is 9.62. The molecule has 0 bridgehead atoms. The zero-order valence-corrected chi connectivity index (χ0v) is 15.7. The summed E-state index contributed by atoms with van der Waals surface area (Å²) in [5, 5.41) is 15.4. The van der Waals surface area contributed by atoms with Crippen LogP contribution in [0.25, 0.3) is 22.9 Å². The molecule has 4 heterocycles. The Morgan fingerprint density at radius 2 is 2.00 bits per heavy atom. The van der Waals surface area contributed by atoms with Gasteiger partial charge >= 0.3 is 0 Å². The summed E-state index contributed by atoms with van der Waals surface area (Å²) in [6.45, 7) is 0.919. The van der Waals surface area contributed by atoms with Crippen molar-refractivity contribution in [1.82, 2.24) is 19.9 Å². The van der Waals surface area contributed by atoms with Gasteiger partial charge < -0.3 is 18.8 Å². The van der Waals surface area contributed by atoms with Gasteiger partial charge in [0.25, 0.3) is 5.91 Å². The van der Waals surface area contributed by atoms with Crippen molar-refractivity contribution in [2.45, 2.75) is 32.2 Å². The molecule has 146 valence electrons. The SMILES string of the molecule is O=C(Nc1cccc(-c2nnc3n2CCCCC3)c1)c1cc(-c2ccco2)on1. The minimum absolute atomic E-state index is 0.179. The van der Waals surface area contributed by atoms with E-state index in [1.165, 1.54) is 12.7 Å². The van der Waals surface area contributed by atoms with E-state index >= 15 is 0 Å². The lowest BCUT2D eigenvalue weighted by Crippen LogP contribution is -2.12. The molecule has 8 nitrogen and oxygen atoms in total. The summed E-state index contributed by atoms with van der Waals surface area (Å²) in [6, 6.07) is 12.6. The summed E-state index contributed by atoms with van der Waals surface area (Å²) >= 11 is 0. The summed E-state index contributed by atoms with van der Waals surface area (Å²) in [5.74, 6) is 2.43. The molecule has 1 aromatic carbocycles. The molecule has 1 aliphatic heterocycles. The monoisotopic (exact) mass is 389 g/mol. The molecule has 0 saturated heterocycles. The van der Waals surface area contributed by atoms with Crippen molar-refractivity contribution in [3.8, 4) is 22.9 Å². The van der Waals surface area contributed by atoms with Gasteiger partial charge in [0, 0.05) is 30.3 Å². The van der Waals surface area contributed by atoms with Crippen LogP contribution >= 0.6 is 0 Å². The number of benzene rings is 1. The number of carbonyl (C=O) groups excluding carboxylic acids is 1. The first-order valence-corrected chi connectivity index (χ1v) is 9.62. The van der Waals surface area contributed by atoms with E-state index in [9.17, 15) is 4.79 Å². The van der Waals surface area contributed by atoms with Crippen molar-refractivity contribution < 1.29 is 13.7 Å². The van der Waals surface area contributed by atoms with Gasteiger partial charge in [0.15, 0.2) is 17.3 Å². The fourth-order valence-electron chi connectivity index (χ4n) is 3.55. The Balaban J connectivity index is 1.37. The highest BCUT2D eigenvalue weighted by atomic mass is 16.5. The number of aryl methyl sites for hydroxylation is 1. The van der Waals surface area contributed by atoms with Gasteiger partial charge in [-0.1, -0.05) is 23.7 Å². The molecule has 3 aromatic heterocycles. The van der Waals surface area contributed by atoms with Crippen LogP contribution in [0.5, 0.6) is 0 Å². The van der Waals surface area contributed by atoms with Crippen molar-refractivity contribution in [3.05, 3.63) is 60.2 Å². The quantitative estimate of drug-likeness (QED) is 0.562. The highest BCUT2D eigenvalue weighted by molar-refractivity contribution is 6.03. The molecule has 1 amide bonds. The fourth-order valence-corrected chi connectivity index (χ4v) is 3.55. The van der Waals surface area contributed by atoms with Crippen LogP contribution < -0.4 is 5.32 Å². The van der Waals surface area contributed by atoms with Crippen LogP contribution in [0.15, 0.2) is 57.7 Å². The molecule has 1 aliphatic rings. The van der Waals surface area contributed by atoms with E-state index in [1.54, 1.807) is 18.2 Å². The first kappa shape index (κ1) is 17.4.